The number of hydrogen-bond donors (Lipinski definition) is 1. The Labute approximate surface area is 87.8 Å². The Balaban J connectivity index is 0. The van der Waals surface area contributed by atoms with E-state index < -0.39 is 0 Å². The average Bonchev–Trinajstić information content (AvgIpc) is 2.64. The zero-order valence-electron chi connectivity index (χ0n) is 9.42. The summed E-state index contributed by atoms with van der Waals surface area (Å²) in [6.45, 7) is 8.00. The number of hydrogen-bond acceptors (Lipinski definition) is 1. The molecule has 0 radical (unpaired) electrons. The third-order valence-corrected chi connectivity index (χ3v) is 1.64. The van der Waals surface area contributed by atoms with Crippen molar-refractivity contribution in [3.63, 3.8) is 0 Å². The van der Waals surface area contributed by atoms with Crippen molar-refractivity contribution < 1.29 is 6.22 Å². The number of carbonyl (C=O) groups is 1. The van der Waals surface area contributed by atoms with E-state index in [0.29, 0.717) is 6.42 Å². The van der Waals surface area contributed by atoms with E-state index in [0.717, 1.165) is 11.3 Å². The molecular weight excluding hydrogens is 174 g/mol. The topological polar surface area (TPSA) is 29.1 Å². The van der Waals surface area contributed by atoms with E-state index in [1.807, 2.05) is 52.0 Å². The van der Waals surface area contributed by atoms with Gasteiger partial charge in [-0.05, 0) is 11.6 Å². The van der Waals surface area contributed by atoms with Gasteiger partial charge in [0.15, 0.2) is 0 Å². The van der Waals surface area contributed by atoms with E-state index in [1.165, 1.54) is 0 Å². The van der Waals surface area contributed by atoms with Crippen molar-refractivity contribution >= 4 is 11.6 Å². The van der Waals surface area contributed by atoms with Crippen LogP contribution in [-0.2, 0) is 11.2 Å². The molecule has 2 heteroatoms. The highest BCUT2D eigenvalue weighted by molar-refractivity contribution is 5.98. The summed E-state index contributed by atoms with van der Waals surface area (Å²) in [7, 11) is 0. The minimum Gasteiger partial charge on any atom is -0.326 e. The summed E-state index contributed by atoms with van der Waals surface area (Å²) < 4.78 is 0. The van der Waals surface area contributed by atoms with Crippen molar-refractivity contribution in [2.24, 2.45) is 0 Å². The van der Waals surface area contributed by atoms with Crippen LogP contribution in [0, 0.1) is 0 Å². The summed E-state index contributed by atoms with van der Waals surface area (Å²) in [4.78, 5) is 10.8. The quantitative estimate of drug-likeness (QED) is 0.674. The summed E-state index contributed by atoms with van der Waals surface area (Å²) in [6.07, 6.45) is 0.538. The molecule has 2 nitrogen and oxygen atoms in total. The van der Waals surface area contributed by atoms with Crippen molar-refractivity contribution in [3.05, 3.63) is 29.8 Å². The van der Waals surface area contributed by atoms with Gasteiger partial charge in [0.25, 0.3) is 0 Å². The van der Waals surface area contributed by atoms with Crippen LogP contribution < -0.4 is 5.32 Å². The maximum atomic E-state index is 10.8. The number of amides is 1. The lowest BCUT2D eigenvalue weighted by Crippen LogP contribution is -2.03. The zero-order valence-corrected chi connectivity index (χ0v) is 9.42. The average molecular weight is 195 g/mol. The molecule has 0 fully saturated rings. The van der Waals surface area contributed by atoms with Crippen LogP contribution in [0.4, 0.5) is 5.69 Å². The first kappa shape index (κ1) is 12.7. The molecule has 0 spiro atoms. The molecule has 1 N–H and O–H groups in total. The third-order valence-electron chi connectivity index (χ3n) is 1.64. The predicted molar refractivity (Wildman–Crippen MR) is 63.6 cm³/mol. The molecule has 80 valence electrons. The highest BCUT2D eigenvalue weighted by atomic mass is 16.1. The largest absolute Gasteiger partial charge is 0.326 e. The van der Waals surface area contributed by atoms with Gasteiger partial charge in [0.05, 0.1) is 6.42 Å². The van der Waals surface area contributed by atoms with E-state index in [4.69, 9.17) is 0 Å². The molecule has 14 heavy (non-hydrogen) atoms. The van der Waals surface area contributed by atoms with Crippen molar-refractivity contribution in [2.45, 2.75) is 34.1 Å². The van der Waals surface area contributed by atoms with Crippen LogP contribution in [0.15, 0.2) is 24.3 Å². The SMILES string of the molecule is CC.CC.O=C1Cc2ccccc2N1.[HH]. The summed E-state index contributed by atoms with van der Waals surface area (Å²) >= 11 is 0. The smallest absolute Gasteiger partial charge is 0.228 e. The minimum atomic E-state index is 0. The number of fused-ring (bicyclic) bond motifs is 1. The molecule has 0 saturated carbocycles. The second kappa shape index (κ2) is 7.13. The molecule has 0 unspecified atom stereocenters. The van der Waals surface area contributed by atoms with Crippen LogP contribution in [0.5, 0.6) is 0 Å². The molecule has 1 aliphatic rings. The van der Waals surface area contributed by atoms with Crippen molar-refractivity contribution in [3.8, 4) is 0 Å². The van der Waals surface area contributed by atoms with Crippen molar-refractivity contribution in [2.75, 3.05) is 5.32 Å². The summed E-state index contributed by atoms with van der Waals surface area (Å²) in [6, 6.07) is 7.75. The van der Waals surface area contributed by atoms with Crippen molar-refractivity contribution in [1.29, 1.82) is 0 Å². The van der Waals surface area contributed by atoms with Gasteiger partial charge in [0.2, 0.25) is 5.91 Å². The van der Waals surface area contributed by atoms with Gasteiger partial charge in [0.1, 0.15) is 0 Å². The van der Waals surface area contributed by atoms with Gasteiger partial charge in [0, 0.05) is 7.11 Å². The van der Waals surface area contributed by atoms with Gasteiger partial charge in [-0.2, -0.15) is 0 Å². The third kappa shape index (κ3) is 3.21. The summed E-state index contributed by atoms with van der Waals surface area (Å²) in [5, 5.41) is 2.76. The summed E-state index contributed by atoms with van der Waals surface area (Å²) in [5.74, 6) is 0.0983. The molecule has 1 aromatic carbocycles. The number of rotatable bonds is 0. The second-order valence-corrected chi connectivity index (χ2v) is 2.38. The monoisotopic (exact) mass is 195 g/mol. The molecule has 1 aliphatic heterocycles. The lowest BCUT2D eigenvalue weighted by atomic mass is 10.2. The first-order valence-corrected chi connectivity index (χ1v) is 5.24. The zero-order chi connectivity index (χ0) is 11.0. The van der Waals surface area contributed by atoms with Gasteiger partial charge in [-0.15, -0.1) is 0 Å². The molecule has 0 aliphatic carbocycles. The maximum absolute atomic E-state index is 10.8. The summed E-state index contributed by atoms with van der Waals surface area (Å²) in [5.41, 5.74) is 2.07. The van der Waals surface area contributed by atoms with Crippen LogP contribution in [0.1, 0.15) is 34.7 Å². The van der Waals surface area contributed by atoms with E-state index in [2.05, 4.69) is 5.32 Å². The molecular formula is C12H21NO. The van der Waals surface area contributed by atoms with Crippen LogP contribution in [0.25, 0.3) is 0 Å². The molecule has 1 aromatic rings. The van der Waals surface area contributed by atoms with Gasteiger partial charge in [-0.3, -0.25) is 4.79 Å². The number of anilines is 1. The van der Waals surface area contributed by atoms with E-state index in [-0.39, 0.29) is 7.33 Å². The Morgan fingerprint density at radius 2 is 1.71 bits per heavy atom. The van der Waals surface area contributed by atoms with Gasteiger partial charge < -0.3 is 5.32 Å². The number of nitrogens with one attached hydrogen (secondary N) is 1. The molecule has 1 amide bonds. The Hall–Kier alpha value is -1.31. The van der Waals surface area contributed by atoms with Gasteiger partial charge >= 0.3 is 0 Å². The van der Waals surface area contributed by atoms with Gasteiger partial charge in [-0.25, -0.2) is 0 Å². The van der Waals surface area contributed by atoms with E-state index in [1.54, 1.807) is 0 Å². The van der Waals surface area contributed by atoms with Crippen LogP contribution in [0.3, 0.4) is 0 Å². The molecule has 2 rings (SSSR count). The first-order chi connectivity index (χ1) is 6.86. The normalized spacial score (nSPS) is 11.3. The van der Waals surface area contributed by atoms with Crippen molar-refractivity contribution in [1.82, 2.24) is 0 Å². The fourth-order valence-corrected chi connectivity index (χ4v) is 1.16. The Morgan fingerprint density at radius 1 is 1.14 bits per heavy atom. The Morgan fingerprint density at radius 3 is 2.29 bits per heavy atom. The predicted octanol–water partition coefficient (Wildman–Crippen LogP) is 3.48. The Bertz CT molecular complexity index is 260. The van der Waals surface area contributed by atoms with Crippen LogP contribution in [0.2, 0.25) is 0 Å². The highest BCUT2D eigenvalue weighted by Gasteiger charge is 2.15. The molecule has 0 aromatic heterocycles. The fraction of sp³-hybridized carbons (Fsp3) is 0.417. The molecule has 0 bridgehead atoms. The minimum absolute atomic E-state index is 0. The molecule has 0 saturated heterocycles. The number of benzene rings is 1. The first-order valence-electron chi connectivity index (χ1n) is 5.24. The lowest BCUT2D eigenvalue weighted by molar-refractivity contribution is -0.115. The highest BCUT2D eigenvalue weighted by Crippen LogP contribution is 2.20. The van der Waals surface area contributed by atoms with E-state index >= 15 is 0 Å². The fourth-order valence-electron chi connectivity index (χ4n) is 1.16. The van der Waals surface area contributed by atoms with E-state index in [9.17, 15) is 4.79 Å². The van der Waals surface area contributed by atoms with Crippen LogP contribution >= 0.6 is 0 Å². The second-order valence-electron chi connectivity index (χ2n) is 2.38. The maximum Gasteiger partial charge on any atom is 0.228 e. The standard InChI is InChI=1S/C8H7NO.2C2H6.H2/c10-8-5-6-3-1-2-4-7(6)9-8;2*1-2;/h1-4H,5H2,(H,9,10);2*1-2H3;1H. The molecule has 0 atom stereocenters. The Kier molecular flexibility index (Phi) is 6.46. The lowest BCUT2D eigenvalue weighted by Gasteiger charge is -1.93. The van der Waals surface area contributed by atoms with Crippen LogP contribution in [-0.4, -0.2) is 5.91 Å². The number of carbonyl (C=O) groups excluding carboxylic acids is 1. The van der Waals surface area contributed by atoms with Gasteiger partial charge in [-0.1, -0.05) is 45.9 Å². The number of para-hydroxylation sites is 1. The molecule has 1 heterocycles.